The van der Waals surface area contributed by atoms with E-state index in [0.717, 1.165) is 5.56 Å². The van der Waals surface area contributed by atoms with Crippen LogP contribution in [0.2, 0.25) is 0 Å². The molecule has 0 saturated heterocycles. The maximum Gasteiger partial charge on any atom is 0.124 e. The predicted molar refractivity (Wildman–Crippen MR) is 55.0 cm³/mol. The molecule has 0 aromatic heterocycles. The van der Waals surface area contributed by atoms with E-state index in [1.807, 2.05) is 6.26 Å². The fraction of sp³-hybridized carbons (Fsp3) is 0.333. The van der Waals surface area contributed by atoms with Crippen molar-refractivity contribution in [3.8, 4) is 0 Å². The average Bonchev–Trinajstić information content (AvgIpc) is 2.01. The van der Waals surface area contributed by atoms with Crippen LogP contribution in [0.15, 0.2) is 18.2 Å². The summed E-state index contributed by atoms with van der Waals surface area (Å²) in [6.45, 7) is -0.237. The van der Waals surface area contributed by atoms with Gasteiger partial charge in [0.1, 0.15) is 12.4 Å². The molecular weight excluding hydrogens is 205 g/mol. The van der Waals surface area contributed by atoms with Gasteiger partial charge >= 0.3 is 0 Å². The number of thioether (sulfide) groups is 1. The molecule has 0 atom stereocenters. The predicted octanol–water partition coefficient (Wildman–Crippen LogP) is 1.07. The molecule has 0 unspecified atom stereocenters. The summed E-state index contributed by atoms with van der Waals surface area (Å²) in [6.07, 6.45) is 1.91. The van der Waals surface area contributed by atoms with Gasteiger partial charge in [0.2, 0.25) is 0 Å². The molecule has 0 saturated carbocycles. The number of hydroxylamine groups is 2. The van der Waals surface area contributed by atoms with Gasteiger partial charge in [-0.3, -0.25) is 0 Å². The zero-order valence-corrected chi connectivity index (χ0v) is 8.57. The maximum atomic E-state index is 13.0. The number of halogens is 1. The van der Waals surface area contributed by atoms with Crippen LogP contribution in [0.25, 0.3) is 0 Å². The molecule has 0 bridgehead atoms. The lowest BCUT2D eigenvalue weighted by Crippen LogP contribution is -3.00. The summed E-state index contributed by atoms with van der Waals surface area (Å²) in [5.74, 6) is 0.283. The standard InChI is InChI=1S/C9H11FNO2S/c1-14-6-8-2-7(5-11(12)13)3-9(10)4-8/h2-4,11H,5-6H2,1H3/q-1. The van der Waals surface area contributed by atoms with E-state index in [-0.39, 0.29) is 6.54 Å². The summed E-state index contributed by atoms with van der Waals surface area (Å²) < 4.78 is 13.0. The van der Waals surface area contributed by atoms with E-state index < -0.39 is 11.0 Å². The van der Waals surface area contributed by atoms with Gasteiger partial charge in [0.25, 0.3) is 0 Å². The Balaban J connectivity index is 2.83. The first-order valence-electron chi connectivity index (χ1n) is 4.09. The second-order valence-corrected chi connectivity index (χ2v) is 3.82. The van der Waals surface area contributed by atoms with Crippen molar-refractivity contribution >= 4 is 11.8 Å². The van der Waals surface area contributed by atoms with E-state index >= 15 is 0 Å². The molecule has 78 valence electrons. The monoisotopic (exact) mass is 216 g/mol. The summed E-state index contributed by atoms with van der Waals surface area (Å²) in [4.78, 5) is 0. The van der Waals surface area contributed by atoms with Crippen LogP contribution in [-0.2, 0) is 12.3 Å². The fourth-order valence-electron chi connectivity index (χ4n) is 1.24. The van der Waals surface area contributed by atoms with Crippen LogP contribution in [0.1, 0.15) is 11.1 Å². The highest BCUT2D eigenvalue weighted by atomic mass is 32.2. The van der Waals surface area contributed by atoms with Crippen LogP contribution in [0.3, 0.4) is 0 Å². The van der Waals surface area contributed by atoms with Gasteiger partial charge in [-0.2, -0.15) is 11.8 Å². The largest absolute Gasteiger partial charge is 0.633 e. The minimum Gasteiger partial charge on any atom is -0.633 e. The van der Waals surface area contributed by atoms with Gasteiger partial charge in [-0.05, 0) is 30.0 Å². The van der Waals surface area contributed by atoms with Gasteiger partial charge in [-0.1, -0.05) is 0 Å². The second kappa shape index (κ2) is 5.31. The van der Waals surface area contributed by atoms with Crippen LogP contribution in [0, 0.1) is 16.2 Å². The Labute approximate surface area is 86.1 Å². The van der Waals surface area contributed by atoms with Crippen molar-refractivity contribution in [3.63, 3.8) is 0 Å². The van der Waals surface area contributed by atoms with Crippen LogP contribution in [0.5, 0.6) is 0 Å². The number of hydrogen-bond acceptors (Lipinski definition) is 3. The van der Waals surface area contributed by atoms with Crippen LogP contribution in [-0.4, -0.2) is 6.26 Å². The summed E-state index contributed by atoms with van der Waals surface area (Å²) in [6, 6.07) is 4.32. The van der Waals surface area contributed by atoms with Crippen molar-refractivity contribution in [2.75, 3.05) is 6.26 Å². The van der Waals surface area contributed by atoms with E-state index in [1.165, 1.54) is 12.1 Å². The molecule has 0 fully saturated rings. The molecule has 0 aliphatic rings. The van der Waals surface area contributed by atoms with Gasteiger partial charge in [-0.15, -0.1) is 0 Å². The smallest absolute Gasteiger partial charge is 0.124 e. The van der Waals surface area contributed by atoms with E-state index in [9.17, 15) is 14.8 Å². The van der Waals surface area contributed by atoms with Crippen molar-refractivity contribution in [1.29, 1.82) is 0 Å². The van der Waals surface area contributed by atoms with Crippen molar-refractivity contribution in [2.24, 2.45) is 0 Å². The lowest BCUT2D eigenvalue weighted by molar-refractivity contribution is -0.807. The summed E-state index contributed by atoms with van der Waals surface area (Å²) in [5, 5.41) is 19.4. The Morgan fingerprint density at radius 3 is 2.50 bits per heavy atom. The van der Waals surface area contributed by atoms with Crippen molar-refractivity contribution in [2.45, 2.75) is 12.3 Å². The molecule has 0 spiro atoms. The van der Waals surface area contributed by atoms with E-state index in [4.69, 9.17) is 0 Å². The lowest BCUT2D eigenvalue weighted by Gasteiger charge is -2.25. The molecule has 1 N–H and O–H groups in total. The molecule has 5 heteroatoms. The zero-order valence-electron chi connectivity index (χ0n) is 7.75. The number of rotatable bonds is 4. The third kappa shape index (κ3) is 3.63. The maximum absolute atomic E-state index is 13.0. The summed E-state index contributed by atoms with van der Waals surface area (Å²) in [5.41, 5.74) is 1.25. The van der Waals surface area contributed by atoms with Crippen LogP contribution < -0.4 is 5.23 Å². The third-order valence-corrected chi connectivity index (χ3v) is 2.30. The molecule has 0 aliphatic carbocycles. The van der Waals surface area contributed by atoms with Gasteiger partial charge in [0.15, 0.2) is 0 Å². The Morgan fingerprint density at radius 2 is 1.93 bits per heavy atom. The second-order valence-electron chi connectivity index (χ2n) is 2.95. The molecule has 0 aliphatic heterocycles. The van der Waals surface area contributed by atoms with Crippen molar-refractivity contribution in [3.05, 3.63) is 45.6 Å². The third-order valence-electron chi connectivity index (χ3n) is 1.68. The first kappa shape index (κ1) is 11.5. The van der Waals surface area contributed by atoms with E-state index in [2.05, 4.69) is 0 Å². The number of hydrogen-bond donors (Lipinski definition) is 1. The first-order chi connectivity index (χ1) is 6.61. The molecule has 14 heavy (non-hydrogen) atoms. The molecule has 0 heterocycles. The molecule has 1 rings (SSSR count). The fourth-order valence-corrected chi connectivity index (χ4v) is 1.74. The minimum atomic E-state index is -1.19. The normalized spacial score (nSPS) is 10.9. The van der Waals surface area contributed by atoms with Crippen LogP contribution in [0.4, 0.5) is 4.39 Å². The Bertz CT molecular complexity index is 307. The Kier molecular flexibility index (Phi) is 4.34. The topological polar surface area (TPSA) is 50.6 Å². The highest BCUT2D eigenvalue weighted by molar-refractivity contribution is 7.97. The van der Waals surface area contributed by atoms with E-state index in [0.29, 0.717) is 11.3 Å². The molecule has 1 aromatic rings. The Morgan fingerprint density at radius 1 is 1.29 bits per heavy atom. The van der Waals surface area contributed by atoms with Crippen LogP contribution >= 0.6 is 11.8 Å². The Hall–Kier alpha value is -0.620. The molecule has 0 amide bonds. The SMILES string of the molecule is CSCc1cc(F)cc(C[NH+]([O-])[O-])c1. The number of quaternary nitrogens is 1. The van der Waals surface area contributed by atoms with Gasteiger partial charge in [0, 0.05) is 11.3 Å². The molecule has 1 aromatic carbocycles. The van der Waals surface area contributed by atoms with E-state index in [1.54, 1.807) is 17.8 Å². The molecule has 3 nitrogen and oxygen atoms in total. The number of benzene rings is 1. The summed E-state index contributed by atoms with van der Waals surface area (Å²) >= 11 is 1.56. The van der Waals surface area contributed by atoms with Gasteiger partial charge in [0.05, 0.1) is 0 Å². The number of nitrogens with one attached hydrogen (secondary N) is 1. The average molecular weight is 216 g/mol. The first-order valence-corrected chi connectivity index (χ1v) is 5.48. The minimum absolute atomic E-state index is 0.237. The lowest BCUT2D eigenvalue weighted by atomic mass is 10.1. The zero-order chi connectivity index (χ0) is 10.6. The molecular formula is C9H11FNO2S-. The van der Waals surface area contributed by atoms with Crippen molar-refractivity contribution in [1.82, 2.24) is 0 Å². The van der Waals surface area contributed by atoms with Crippen molar-refractivity contribution < 1.29 is 9.62 Å². The summed E-state index contributed by atoms with van der Waals surface area (Å²) in [7, 11) is 0. The van der Waals surface area contributed by atoms with Gasteiger partial charge in [-0.25, -0.2) is 4.39 Å². The highest BCUT2D eigenvalue weighted by Crippen LogP contribution is 2.13. The molecule has 0 radical (unpaired) electrons. The van der Waals surface area contributed by atoms with Gasteiger partial charge < -0.3 is 15.6 Å². The highest BCUT2D eigenvalue weighted by Gasteiger charge is 2.01. The quantitative estimate of drug-likeness (QED) is 0.766.